The summed E-state index contributed by atoms with van der Waals surface area (Å²) in [5.41, 5.74) is 0. The molecule has 7 nitrogen and oxygen atoms in total. The molecule has 2 rings (SSSR count). The van der Waals surface area contributed by atoms with Crippen LogP contribution < -0.4 is 10.2 Å². The Kier molecular flexibility index (Phi) is 6.17. The highest BCUT2D eigenvalue weighted by atomic mass is 32.2. The third-order valence-electron chi connectivity index (χ3n) is 4.05. The van der Waals surface area contributed by atoms with Gasteiger partial charge in [0.05, 0.1) is 5.75 Å². The number of nitrogens with zero attached hydrogens (tertiary/aromatic N) is 4. The maximum absolute atomic E-state index is 12.2. The summed E-state index contributed by atoms with van der Waals surface area (Å²) in [5.74, 6) is 2.00. The molecule has 2 heterocycles. The number of unbranched alkanes of at least 4 members (excludes halogenated alkanes) is 1. The molecular formula is C15H27N5O2S. The van der Waals surface area contributed by atoms with E-state index >= 15 is 0 Å². The van der Waals surface area contributed by atoms with Gasteiger partial charge in [-0.05, 0) is 24.8 Å². The fraction of sp³-hybridized carbons (Fsp3) is 0.733. The molecule has 0 spiro atoms. The molecule has 1 N–H and O–H groups in total. The third kappa shape index (κ3) is 5.04. The minimum absolute atomic E-state index is 0.262. The summed E-state index contributed by atoms with van der Waals surface area (Å²) in [5, 5.41) is 3.23. The van der Waals surface area contributed by atoms with Crippen molar-refractivity contribution < 1.29 is 8.42 Å². The van der Waals surface area contributed by atoms with Gasteiger partial charge in [0.15, 0.2) is 0 Å². The number of nitrogens with one attached hydrogen (secondary N) is 1. The lowest BCUT2D eigenvalue weighted by molar-refractivity contribution is 0.459. The summed E-state index contributed by atoms with van der Waals surface area (Å²) < 4.78 is 26.0. The largest absolute Gasteiger partial charge is 0.363 e. The molecule has 0 radical (unpaired) electrons. The van der Waals surface area contributed by atoms with Crippen molar-refractivity contribution >= 4 is 21.8 Å². The molecule has 23 heavy (non-hydrogen) atoms. The molecule has 1 atom stereocenters. The predicted molar refractivity (Wildman–Crippen MR) is 93.2 cm³/mol. The molecule has 0 bridgehead atoms. The summed E-state index contributed by atoms with van der Waals surface area (Å²) >= 11 is 0. The van der Waals surface area contributed by atoms with E-state index in [1.54, 1.807) is 10.5 Å². The lowest BCUT2D eigenvalue weighted by Crippen LogP contribution is -2.31. The quantitative estimate of drug-likeness (QED) is 0.770. The first kappa shape index (κ1) is 17.9. The van der Waals surface area contributed by atoms with Gasteiger partial charge in [-0.15, -0.1) is 0 Å². The van der Waals surface area contributed by atoms with E-state index < -0.39 is 10.0 Å². The molecule has 8 heteroatoms. The molecule has 1 aromatic heterocycles. The first-order valence-electron chi connectivity index (χ1n) is 8.14. The number of hydrogen-bond donors (Lipinski definition) is 1. The number of sulfonamides is 1. The van der Waals surface area contributed by atoms with Crippen LogP contribution >= 0.6 is 0 Å². The molecular weight excluding hydrogens is 314 g/mol. The average molecular weight is 341 g/mol. The Morgan fingerprint density at radius 3 is 2.91 bits per heavy atom. The molecule has 1 unspecified atom stereocenters. The van der Waals surface area contributed by atoms with Crippen LogP contribution in [0.1, 0.15) is 26.2 Å². The molecule has 1 aliphatic rings. The van der Waals surface area contributed by atoms with Crippen molar-refractivity contribution in [3.05, 3.63) is 12.3 Å². The van der Waals surface area contributed by atoms with Crippen molar-refractivity contribution in [2.45, 2.75) is 26.2 Å². The lowest BCUT2D eigenvalue weighted by Gasteiger charge is -2.17. The Labute approximate surface area is 139 Å². The number of anilines is 2. The van der Waals surface area contributed by atoms with Crippen molar-refractivity contribution in [3.8, 4) is 0 Å². The molecule has 0 aromatic carbocycles. The predicted octanol–water partition coefficient (Wildman–Crippen LogP) is 1.41. The summed E-state index contributed by atoms with van der Waals surface area (Å²) in [4.78, 5) is 10.5. The van der Waals surface area contributed by atoms with Crippen LogP contribution in [0.15, 0.2) is 12.3 Å². The standard InChI is InChI=1S/C15H27N5O2S/c1-4-5-10-23(21,22)20-9-7-13(12-20)11-17-15-16-8-6-14(18-15)19(2)3/h6,8,13H,4-5,7,9-12H2,1-3H3,(H,16,17,18). The van der Waals surface area contributed by atoms with Gasteiger partial charge in [0.1, 0.15) is 5.82 Å². The van der Waals surface area contributed by atoms with E-state index in [9.17, 15) is 8.42 Å². The van der Waals surface area contributed by atoms with Crippen molar-refractivity contribution in [3.63, 3.8) is 0 Å². The summed E-state index contributed by atoms with van der Waals surface area (Å²) in [6.07, 6.45) is 4.23. The van der Waals surface area contributed by atoms with Crippen LogP contribution in [-0.4, -0.2) is 62.2 Å². The molecule has 0 aliphatic carbocycles. The fourth-order valence-electron chi connectivity index (χ4n) is 2.59. The molecule has 0 amide bonds. The maximum atomic E-state index is 12.2. The average Bonchev–Trinajstić information content (AvgIpc) is 3.01. The Hall–Kier alpha value is -1.41. The van der Waals surface area contributed by atoms with Gasteiger partial charge in [-0.2, -0.15) is 4.98 Å². The van der Waals surface area contributed by atoms with Crippen LogP contribution in [0.2, 0.25) is 0 Å². The zero-order valence-corrected chi connectivity index (χ0v) is 15.0. The van der Waals surface area contributed by atoms with E-state index in [2.05, 4.69) is 15.3 Å². The van der Waals surface area contributed by atoms with Gasteiger partial charge in [0.25, 0.3) is 0 Å². The van der Waals surface area contributed by atoms with Crippen LogP contribution in [0.3, 0.4) is 0 Å². The van der Waals surface area contributed by atoms with Gasteiger partial charge in [-0.3, -0.25) is 0 Å². The van der Waals surface area contributed by atoms with Crippen molar-refractivity contribution in [2.75, 3.05) is 49.7 Å². The second kappa shape index (κ2) is 7.92. The molecule has 1 fully saturated rings. The van der Waals surface area contributed by atoms with E-state index in [-0.39, 0.29) is 5.75 Å². The van der Waals surface area contributed by atoms with E-state index in [0.717, 1.165) is 25.1 Å². The topological polar surface area (TPSA) is 78.4 Å². The van der Waals surface area contributed by atoms with Gasteiger partial charge >= 0.3 is 0 Å². The van der Waals surface area contributed by atoms with Gasteiger partial charge < -0.3 is 10.2 Å². The smallest absolute Gasteiger partial charge is 0.224 e. The highest BCUT2D eigenvalue weighted by Crippen LogP contribution is 2.21. The van der Waals surface area contributed by atoms with Crippen LogP contribution in [0.4, 0.5) is 11.8 Å². The first-order valence-corrected chi connectivity index (χ1v) is 9.75. The maximum Gasteiger partial charge on any atom is 0.224 e. The third-order valence-corrected chi connectivity index (χ3v) is 5.97. The summed E-state index contributed by atoms with van der Waals surface area (Å²) in [7, 11) is 0.777. The van der Waals surface area contributed by atoms with E-state index in [1.807, 2.05) is 32.0 Å². The highest BCUT2D eigenvalue weighted by molar-refractivity contribution is 7.89. The zero-order valence-electron chi connectivity index (χ0n) is 14.2. The second-order valence-electron chi connectivity index (χ2n) is 6.20. The van der Waals surface area contributed by atoms with E-state index in [1.165, 1.54) is 0 Å². The Bertz CT molecular complexity index is 606. The highest BCUT2D eigenvalue weighted by Gasteiger charge is 2.30. The normalized spacial score (nSPS) is 19.0. The minimum Gasteiger partial charge on any atom is -0.363 e. The SMILES string of the molecule is CCCCS(=O)(=O)N1CCC(CNc2nccc(N(C)C)n2)C1. The van der Waals surface area contributed by atoms with Crippen LogP contribution in [0, 0.1) is 5.92 Å². The number of rotatable bonds is 8. The van der Waals surface area contributed by atoms with E-state index in [4.69, 9.17) is 0 Å². The minimum atomic E-state index is -3.09. The Morgan fingerprint density at radius 1 is 1.43 bits per heavy atom. The molecule has 0 saturated carbocycles. The van der Waals surface area contributed by atoms with Crippen molar-refractivity contribution in [2.24, 2.45) is 5.92 Å². The monoisotopic (exact) mass is 341 g/mol. The Balaban J connectivity index is 1.85. The van der Waals surface area contributed by atoms with Crippen molar-refractivity contribution in [1.82, 2.24) is 14.3 Å². The first-order chi connectivity index (χ1) is 10.9. The van der Waals surface area contributed by atoms with E-state index in [0.29, 0.717) is 31.5 Å². The van der Waals surface area contributed by atoms with Gasteiger partial charge in [0.2, 0.25) is 16.0 Å². The zero-order chi connectivity index (χ0) is 16.9. The summed E-state index contributed by atoms with van der Waals surface area (Å²) in [6, 6.07) is 1.85. The molecule has 130 valence electrons. The van der Waals surface area contributed by atoms with Gasteiger partial charge in [0, 0.05) is 39.9 Å². The summed E-state index contributed by atoms with van der Waals surface area (Å²) in [6.45, 7) is 3.91. The molecule has 1 aliphatic heterocycles. The molecule has 1 saturated heterocycles. The fourth-order valence-corrected chi connectivity index (χ4v) is 4.32. The number of aromatic nitrogens is 2. The van der Waals surface area contributed by atoms with Crippen LogP contribution in [-0.2, 0) is 10.0 Å². The number of hydrogen-bond acceptors (Lipinski definition) is 6. The Morgan fingerprint density at radius 2 is 2.22 bits per heavy atom. The second-order valence-corrected chi connectivity index (χ2v) is 8.28. The van der Waals surface area contributed by atoms with Crippen LogP contribution in [0.5, 0.6) is 0 Å². The van der Waals surface area contributed by atoms with Crippen LogP contribution in [0.25, 0.3) is 0 Å². The van der Waals surface area contributed by atoms with Crippen molar-refractivity contribution in [1.29, 1.82) is 0 Å². The lowest BCUT2D eigenvalue weighted by atomic mass is 10.1. The molecule has 1 aromatic rings. The van der Waals surface area contributed by atoms with Gasteiger partial charge in [-0.1, -0.05) is 13.3 Å². The van der Waals surface area contributed by atoms with Gasteiger partial charge in [-0.25, -0.2) is 17.7 Å².